The summed E-state index contributed by atoms with van der Waals surface area (Å²) in [5, 5.41) is 12.2. The molecule has 1 aromatic heterocycles. The van der Waals surface area contributed by atoms with E-state index < -0.39 is 0 Å². The van der Waals surface area contributed by atoms with E-state index >= 15 is 0 Å². The SMILES string of the molecule is Cc1nnc(SCC(=O)Nc2ccccc2C(=O)c2ccccc2)n1C1CCCCC1. The highest BCUT2D eigenvalue weighted by Gasteiger charge is 2.22. The van der Waals surface area contributed by atoms with Gasteiger partial charge in [0, 0.05) is 17.2 Å². The van der Waals surface area contributed by atoms with E-state index in [1.54, 1.807) is 30.3 Å². The Labute approximate surface area is 186 Å². The van der Waals surface area contributed by atoms with Gasteiger partial charge < -0.3 is 9.88 Å². The van der Waals surface area contributed by atoms with Crippen molar-refractivity contribution in [2.45, 2.75) is 50.2 Å². The first kappa shape index (κ1) is 21.3. The van der Waals surface area contributed by atoms with E-state index in [1.165, 1.54) is 31.0 Å². The van der Waals surface area contributed by atoms with Crippen LogP contribution >= 0.6 is 11.8 Å². The second-order valence-electron chi connectivity index (χ2n) is 7.77. The van der Waals surface area contributed by atoms with E-state index in [4.69, 9.17) is 0 Å². The van der Waals surface area contributed by atoms with Gasteiger partial charge in [-0.1, -0.05) is 73.5 Å². The van der Waals surface area contributed by atoms with Gasteiger partial charge in [-0.2, -0.15) is 0 Å². The maximum Gasteiger partial charge on any atom is 0.234 e. The summed E-state index contributed by atoms with van der Waals surface area (Å²) in [7, 11) is 0. The van der Waals surface area contributed by atoms with E-state index in [0.29, 0.717) is 22.9 Å². The van der Waals surface area contributed by atoms with Crippen molar-refractivity contribution < 1.29 is 9.59 Å². The highest BCUT2D eigenvalue weighted by atomic mass is 32.2. The minimum atomic E-state index is -0.172. The number of benzene rings is 2. The van der Waals surface area contributed by atoms with Crippen molar-refractivity contribution in [2.24, 2.45) is 0 Å². The average Bonchev–Trinajstić information content (AvgIpc) is 3.19. The Kier molecular flexibility index (Phi) is 6.82. The highest BCUT2D eigenvalue weighted by Crippen LogP contribution is 2.32. The van der Waals surface area contributed by atoms with Gasteiger partial charge >= 0.3 is 0 Å². The van der Waals surface area contributed by atoms with Gasteiger partial charge in [0.2, 0.25) is 5.91 Å². The number of carbonyl (C=O) groups is 2. The van der Waals surface area contributed by atoms with Crippen LogP contribution in [-0.2, 0) is 4.79 Å². The molecule has 0 spiro atoms. The van der Waals surface area contributed by atoms with Gasteiger partial charge in [0.05, 0.1) is 11.4 Å². The van der Waals surface area contributed by atoms with Crippen LogP contribution in [0.15, 0.2) is 59.8 Å². The number of rotatable bonds is 7. The fourth-order valence-corrected chi connectivity index (χ4v) is 4.91. The largest absolute Gasteiger partial charge is 0.325 e. The predicted octanol–water partition coefficient (Wildman–Crippen LogP) is 5.05. The lowest BCUT2D eigenvalue weighted by atomic mass is 9.95. The van der Waals surface area contributed by atoms with E-state index in [0.717, 1.165) is 23.8 Å². The number of hydrogen-bond donors (Lipinski definition) is 1. The molecule has 160 valence electrons. The van der Waals surface area contributed by atoms with Crippen LogP contribution in [0.1, 0.15) is 59.9 Å². The summed E-state index contributed by atoms with van der Waals surface area (Å²) in [4.78, 5) is 25.6. The number of anilines is 1. The summed E-state index contributed by atoms with van der Waals surface area (Å²) in [5.74, 6) is 0.818. The molecule has 1 amide bonds. The van der Waals surface area contributed by atoms with Crippen molar-refractivity contribution in [3.8, 4) is 0 Å². The van der Waals surface area contributed by atoms with Gasteiger partial charge in [0.1, 0.15) is 5.82 Å². The van der Waals surface area contributed by atoms with E-state index in [9.17, 15) is 9.59 Å². The first-order chi connectivity index (χ1) is 15.1. The van der Waals surface area contributed by atoms with Crippen LogP contribution in [0.5, 0.6) is 0 Å². The number of para-hydroxylation sites is 1. The third-order valence-electron chi connectivity index (χ3n) is 5.59. The summed E-state index contributed by atoms with van der Waals surface area (Å²) >= 11 is 1.39. The van der Waals surface area contributed by atoms with Crippen LogP contribution in [0, 0.1) is 6.92 Å². The fourth-order valence-electron chi connectivity index (χ4n) is 4.06. The molecule has 0 bridgehead atoms. The summed E-state index contributed by atoms with van der Waals surface area (Å²) < 4.78 is 2.18. The molecule has 6 nitrogen and oxygen atoms in total. The zero-order chi connectivity index (χ0) is 21.6. The fraction of sp³-hybridized carbons (Fsp3) is 0.333. The van der Waals surface area contributed by atoms with Crippen LogP contribution in [0.3, 0.4) is 0 Å². The van der Waals surface area contributed by atoms with Crippen LogP contribution in [0.2, 0.25) is 0 Å². The maximum atomic E-state index is 12.9. The molecule has 0 aliphatic heterocycles. The van der Waals surface area contributed by atoms with E-state index in [-0.39, 0.29) is 17.4 Å². The van der Waals surface area contributed by atoms with E-state index in [2.05, 4.69) is 20.1 Å². The molecule has 0 atom stereocenters. The van der Waals surface area contributed by atoms with Crippen molar-refractivity contribution >= 4 is 29.1 Å². The van der Waals surface area contributed by atoms with Gasteiger partial charge in [0.25, 0.3) is 0 Å². The van der Waals surface area contributed by atoms with Crippen molar-refractivity contribution in [3.05, 3.63) is 71.5 Å². The number of nitrogens with zero attached hydrogens (tertiary/aromatic N) is 3. The topological polar surface area (TPSA) is 76.9 Å². The Hall–Kier alpha value is -2.93. The van der Waals surface area contributed by atoms with Crippen molar-refractivity contribution in [1.82, 2.24) is 14.8 Å². The molecule has 0 radical (unpaired) electrons. The van der Waals surface area contributed by atoms with Gasteiger partial charge in [-0.05, 0) is 31.9 Å². The predicted molar refractivity (Wildman–Crippen MR) is 123 cm³/mol. The molecular formula is C24H26N4O2S. The van der Waals surface area contributed by atoms with Crippen LogP contribution < -0.4 is 5.32 Å². The molecule has 0 saturated heterocycles. The van der Waals surface area contributed by atoms with Crippen molar-refractivity contribution in [3.63, 3.8) is 0 Å². The number of carbonyl (C=O) groups excluding carboxylic acids is 2. The van der Waals surface area contributed by atoms with Crippen molar-refractivity contribution in [2.75, 3.05) is 11.1 Å². The molecule has 4 rings (SSSR count). The molecule has 1 aliphatic rings. The second-order valence-corrected chi connectivity index (χ2v) is 8.71. The van der Waals surface area contributed by atoms with Gasteiger partial charge in [-0.25, -0.2) is 0 Å². The average molecular weight is 435 g/mol. The number of aryl methyl sites for hydroxylation is 1. The Balaban J connectivity index is 1.43. The molecule has 7 heteroatoms. The Morgan fingerprint density at radius 2 is 1.71 bits per heavy atom. The zero-order valence-corrected chi connectivity index (χ0v) is 18.4. The molecule has 1 saturated carbocycles. The number of amides is 1. The third-order valence-corrected chi connectivity index (χ3v) is 6.53. The lowest BCUT2D eigenvalue weighted by Gasteiger charge is -2.24. The molecule has 2 aromatic carbocycles. The van der Waals surface area contributed by atoms with E-state index in [1.807, 2.05) is 31.2 Å². The van der Waals surface area contributed by atoms with Gasteiger partial charge in [-0.3, -0.25) is 9.59 Å². The van der Waals surface area contributed by atoms with Crippen molar-refractivity contribution in [1.29, 1.82) is 0 Å². The minimum absolute atomic E-state index is 0.114. The molecule has 3 aromatic rings. The second kappa shape index (κ2) is 9.92. The molecule has 1 N–H and O–H groups in total. The quantitative estimate of drug-likeness (QED) is 0.416. The molecule has 1 fully saturated rings. The number of hydrogen-bond acceptors (Lipinski definition) is 5. The summed E-state index contributed by atoms with van der Waals surface area (Å²) in [6, 6.07) is 16.6. The number of nitrogens with one attached hydrogen (secondary N) is 1. The summed E-state index contributed by atoms with van der Waals surface area (Å²) in [5.41, 5.74) is 1.59. The first-order valence-electron chi connectivity index (χ1n) is 10.7. The lowest BCUT2D eigenvalue weighted by Crippen LogP contribution is -2.18. The number of thioether (sulfide) groups is 1. The maximum absolute atomic E-state index is 12.9. The zero-order valence-electron chi connectivity index (χ0n) is 17.6. The first-order valence-corrected chi connectivity index (χ1v) is 11.6. The summed E-state index contributed by atoms with van der Waals surface area (Å²) in [6.07, 6.45) is 5.99. The molecule has 1 aliphatic carbocycles. The van der Waals surface area contributed by atoms with Crippen LogP contribution in [-0.4, -0.2) is 32.2 Å². The van der Waals surface area contributed by atoms with Gasteiger partial charge in [-0.15, -0.1) is 10.2 Å². The molecule has 31 heavy (non-hydrogen) atoms. The summed E-state index contributed by atoms with van der Waals surface area (Å²) in [6.45, 7) is 1.97. The normalized spacial score (nSPS) is 14.4. The number of aromatic nitrogens is 3. The standard InChI is InChI=1S/C24H26N4O2S/c1-17-26-27-24(28(17)19-12-6-3-7-13-19)31-16-22(29)25-21-15-9-8-14-20(21)23(30)18-10-4-2-5-11-18/h2,4-5,8-11,14-15,19H,3,6-7,12-13,16H2,1H3,(H,25,29). The smallest absolute Gasteiger partial charge is 0.234 e. The Morgan fingerprint density at radius 1 is 1.00 bits per heavy atom. The van der Waals surface area contributed by atoms with Gasteiger partial charge in [0.15, 0.2) is 10.9 Å². The van der Waals surface area contributed by atoms with Crippen LogP contribution in [0.25, 0.3) is 0 Å². The third kappa shape index (κ3) is 5.05. The Bertz CT molecular complexity index is 1060. The number of ketones is 1. The lowest BCUT2D eigenvalue weighted by molar-refractivity contribution is -0.113. The Morgan fingerprint density at radius 3 is 2.48 bits per heavy atom. The monoisotopic (exact) mass is 434 g/mol. The molecule has 1 heterocycles. The minimum Gasteiger partial charge on any atom is -0.325 e. The van der Waals surface area contributed by atoms with Crippen LogP contribution in [0.4, 0.5) is 5.69 Å². The highest BCUT2D eigenvalue weighted by molar-refractivity contribution is 7.99. The molecular weight excluding hydrogens is 408 g/mol. The molecule has 0 unspecified atom stereocenters.